The first kappa shape index (κ1) is 14.6. The predicted octanol–water partition coefficient (Wildman–Crippen LogP) is 2.24. The van der Waals surface area contributed by atoms with Crippen LogP contribution < -0.4 is 10.5 Å². The molecule has 2 rings (SSSR count). The Morgan fingerprint density at radius 2 is 1.76 bits per heavy atom. The van der Waals surface area contributed by atoms with Crippen molar-refractivity contribution in [2.45, 2.75) is 6.92 Å². The Balaban J connectivity index is 1.85. The zero-order valence-corrected chi connectivity index (χ0v) is 11.7. The standard InChI is InChI=1S/C16H16N2O3/c1-12-7-9-13(10-8-12)16(17)18-21-15(19)11-20-14-5-3-2-4-6-14/h2-10H,11H2,1H3,(H2,17,18). The summed E-state index contributed by atoms with van der Waals surface area (Å²) in [5, 5.41) is 3.60. The quantitative estimate of drug-likeness (QED) is 0.395. The largest absolute Gasteiger partial charge is 0.482 e. The first-order valence-electron chi connectivity index (χ1n) is 6.43. The normalized spacial score (nSPS) is 11.0. The van der Waals surface area contributed by atoms with Crippen LogP contribution in [0.1, 0.15) is 11.1 Å². The molecule has 2 aromatic carbocycles. The monoisotopic (exact) mass is 284 g/mol. The van der Waals surface area contributed by atoms with Crippen molar-refractivity contribution in [3.05, 3.63) is 65.7 Å². The van der Waals surface area contributed by atoms with Gasteiger partial charge >= 0.3 is 5.97 Å². The smallest absolute Gasteiger partial charge is 0.372 e. The molecular formula is C16H16N2O3. The van der Waals surface area contributed by atoms with Crippen molar-refractivity contribution < 1.29 is 14.4 Å². The van der Waals surface area contributed by atoms with Crippen LogP contribution in [-0.2, 0) is 9.63 Å². The van der Waals surface area contributed by atoms with Crippen molar-refractivity contribution in [2.75, 3.05) is 6.61 Å². The molecule has 0 aliphatic heterocycles. The van der Waals surface area contributed by atoms with E-state index >= 15 is 0 Å². The number of rotatable bonds is 5. The van der Waals surface area contributed by atoms with Gasteiger partial charge in [0.1, 0.15) is 5.75 Å². The fourth-order valence-corrected chi connectivity index (χ4v) is 1.56. The Hall–Kier alpha value is -2.82. The van der Waals surface area contributed by atoms with E-state index in [9.17, 15) is 4.79 Å². The zero-order valence-electron chi connectivity index (χ0n) is 11.7. The van der Waals surface area contributed by atoms with Crippen molar-refractivity contribution in [1.29, 1.82) is 0 Å². The predicted molar refractivity (Wildman–Crippen MR) is 79.9 cm³/mol. The number of hydrogen-bond donors (Lipinski definition) is 1. The number of para-hydroxylation sites is 1. The van der Waals surface area contributed by atoms with Crippen molar-refractivity contribution in [3.63, 3.8) is 0 Å². The van der Waals surface area contributed by atoms with Crippen LogP contribution in [0.15, 0.2) is 59.8 Å². The van der Waals surface area contributed by atoms with Crippen LogP contribution in [-0.4, -0.2) is 18.4 Å². The van der Waals surface area contributed by atoms with E-state index in [0.717, 1.165) is 5.56 Å². The molecule has 0 fully saturated rings. The topological polar surface area (TPSA) is 73.9 Å². The van der Waals surface area contributed by atoms with E-state index in [1.165, 1.54) is 0 Å². The molecule has 0 spiro atoms. The number of benzene rings is 2. The van der Waals surface area contributed by atoms with Crippen LogP contribution >= 0.6 is 0 Å². The van der Waals surface area contributed by atoms with E-state index in [1.807, 2.05) is 49.4 Å². The maximum atomic E-state index is 11.5. The lowest BCUT2D eigenvalue weighted by atomic mass is 10.1. The van der Waals surface area contributed by atoms with E-state index in [0.29, 0.717) is 11.3 Å². The molecule has 0 aliphatic carbocycles. The third-order valence-electron chi connectivity index (χ3n) is 2.69. The third-order valence-corrected chi connectivity index (χ3v) is 2.69. The number of hydrogen-bond acceptors (Lipinski definition) is 4. The average Bonchev–Trinajstić information content (AvgIpc) is 2.52. The van der Waals surface area contributed by atoms with Gasteiger partial charge in [-0.15, -0.1) is 0 Å². The van der Waals surface area contributed by atoms with E-state index in [4.69, 9.17) is 15.3 Å². The number of oxime groups is 1. The number of amidine groups is 1. The van der Waals surface area contributed by atoms with Crippen LogP contribution in [0, 0.1) is 6.92 Å². The maximum Gasteiger partial charge on any atom is 0.372 e. The molecule has 108 valence electrons. The lowest BCUT2D eigenvalue weighted by Crippen LogP contribution is -2.17. The van der Waals surface area contributed by atoms with Gasteiger partial charge in [0.2, 0.25) is 0 Å². The second-order valence-electron chi connectivity index (χ2n) is 4.41. The molecule has 0 unspecified atom stereocenters. The van der Waals surface area contributed by atoms with Gasteiger partial charge in [-0.25, -0.2) is 4.79 Å². The highest BCUT2D eigenvalue weighted by Gasteiger charge is 2.05. The Labute approximate surface area is 123 Å². The van der Waals surface area contributed by atoms with Gasteiger partial charge < -0.3 is 15.3 Å². The minimum atomic E-state index is -0.617. The Morgan fingerprint density at radius 1 is 1.10 bits per heavy atom. The molecule has 0 heterocycles. The molecule has 0 amide bonds. The lowest BCUT2D eigenvalue weighted by Gasteiger charge is -2.04. The minimum absolute atomic E-state index is 0.142. The van der Waals surface area contributed by atoms with Gasteiger partial charge in [-0.3, -0.25) is 0 Å². The number of aryl methyl sites for hydroxylation is 1. The SMILES string of the molecule is Cc1ccc(C(N)=NOC(=O)COc2ccccc2)cc1. The molecule has 5 nitrogen and oxygen atoms in total. The molecule has 2 aromatic rings. The van der Waals surface area contributed by atoms with Crippen LogP contribution in [0.2, 0.25) is 0 Å². The molecule has 0 radical (unpaired) electrons. The molecule has 0 saturated heterocycles. The van der Waals surface area contributed by atoms with Crippen LogP contribution in [0.25, 0.3) is 0 Å². The van der Waals surface area contributed by atoms with E-state index in [-0.39, 0.29) is 12.4 Å². The zero-order chi connectivity index (χ0) is 15.1. The van der Waals surface area contributed by atoms with Gasteiger partial charge in [-0.05, 0) is 19.1 Å². The van der Waals surface area contributed by atoms with Gasteiger partial charge in [0.15, 0.2) is 12.4 Å². The fraction of sp³-hybridized carbons (Fsp3) is 0.125. The molecule has 0 saturated carbocycles. The second kappa shape index (κ2) is 7.09. The number of carbonyl (C=O) groups is 1. The van der Waals surface area contributed by atoms with Crippen LogP contribution in [0.3, 0.4) is 0 Å². The summed E-state index contributed by atoms with van der Waals surface area (Å²) in [6, 6.07) is 16.4. The summed E-state index contributed by atoms with van der Waals surface area (Å²) >= 11 is 0. The molecule has 0 aromatic heterocycles. The first-order chi connectivity index (χ1) is 10.1. The Kier molecular flexibility index (Phi) is 4.93. The average molecular weight is 284 g/mol. The van der Waals surface area contributed by atoms with Crippen LogP contribution in [0.4, 0.5) is 0 Å². The van der Waals surface area contributed by atoms with Crippen molar-refractivity contribution >= 4 is 11.8 Å². The van der Waals surface area contributed by atoms with Gasteiger partial charge in [0, 0.05) is 5.56 Å². The molecule has 2 N–H and O–H groups in total. The fourth-order valence-electron chi connectivity index (χ4n) is 1.56. The van der Waals surface area contributed by atoms with E-state index < -0.39 is 5.97 Å². The highest BCUT2D eigenvalue weighted by atomic mass is 16.7. The number of nitrogens with two attached hydrogens (primary N) is 1. The lowest BCUT2D eigenvalue weighted by molar-refractivity contribution is -0.146. The number of carbonyl (C=O) groups excluding carboxylic acids is 1. The summed E-state index contributed by atoms with van der Waals surface area (Å²) in [5.74, 6) is 0.113. The molecule has 0 aliphatic rings. The third kappa shape index (κ3) is 4.65. The van der Waals surface area contributed by atoms with Crippen molar-refractivity contribution in [3.8, 4) is 5.75 Å². The molecule has 0 atom stereocenters. The first-order valence-corrected chi connectivity index (χ1v) is 6.43. The Morgan fingerprint density at radius 3 is 2.43 bits per heavy atom. The molecule has 5 heteroatoms. The highest BCUT2D eigenvalue weighted by Crippen LogP contribution is 2.08. The van der Waals surface area contributed by atoms with Crippen molar-refractivity contribution in [2.24, 2.45) is 10.9 Å². The summed E-state index contributed by atoms with van der Waals surface area (Å²) in [6.45, 7) is 1.74. The number of ether oxygens (including phenoxy) is 1. The number of nitrogens with zero attached hydrogens (tertiary/aromatic N) is 1. The molecular weight excluding hydrogens is 268 g/mol. The summed E-state index contributed by atoms with van der Waals surface area (Å²) in [6.07, 6.45) is 0. The second-order valence-corrected chi connectivity index (χ2v) is 4.41. The summed E-state index contributed by atoms with van der Waals surface area (Å²) in [5.41, 5.74) is 7.54. The van der Waals surface area contributed by atoms with Gasteiger partial charge in [-0.2, -0.15) is 0 Å². The summed E-state index contributed by atoms with van der Waals surface area (Å²) < 4.78 is 5.24. The van der Waals surface area contributed by atoms with Gasteiger partial charge in [0.05, 0.1) is 0 Å². The van der Waals surface area contributed by atoms with E-state index in [1.54, 1.807) is 12.1 Å². The van der Waals surface area contributed by atoms with Crippen molar-refractivity contribution in [1.82, 2.24) is 0 Å². The molecule has 0 bridgehead atoms. The maximum absolute atomic E-state index is 11.5. The highest BCUT2D eigenvalue weighted by molar-refractivity contribution is 5.97. The van der Waals surface area contributed by atoms with Crippen LogP contribution in [0.5, 0.6) is 5.75 Å². The van der Waals surface area contributed by atoms with Gasteiger partial charge in [-0.1, -0.05) is 53.2 Å². The summed E-state index contributed by atoms with van der Waals surface area (Å²) in [4.78, 5) is 16.2. The molecule has 21 heavy (non-hydrogen) atoms. The summed E-state index contributed by atoms with van der Waals surface area (Å²) in [7, 11) is 0. The van der Waals surface area contributed by atoms with Gasteiger partial charge in [0.25, 0.3) is 0 Å². The Bertz CT molecular complexity index is 622. The van der Waals surface area contributed by atoms with E-state index in [2.05, 4.69) is 5.16 Å². The minimum Gasteiger partial charge on any atom is -0.482 e.